The first-order chi connectivity index (χ1) is 8.22. The fraction of sp³-hybridized carbons (Fsp3) is 0.583. The molecule has 2 aliphatic rings. The maximum absolute atomic E-state index is 10.7. The first-order valence-corrected chi connectivity index (χ1v) is 6.01. The Morgan fingerprint density at radius 3 is 2.82 bits per heavy atom. The molecular weight excluding hydrogens is 218 g/mol. The van der Waals surface area contributed by atoms with Crippen molar-refractivity contribution >= 4 is 11.8 Å². The highest BCUT2D eigenvalue weighted by Gasteiger charge is 2.33. The summed E-state index contributed by atoms with van der Waals surface area (Å²) >= 11 is 0. The van der Waals surface area contributed by atoms with E-state index in [1.54, 1.807) is 6.33 Å². The van der Waals surface area contributed by atoms with E-state index in [4.69, 9.17) is 5.11 Å². The van der Waals surface area contributed by atoms with Crippen LogP contribution >= 0.6 is 0 Å². The van der Waals surface area contributed by atoms with Crippen LogP contribution in [0.25, 0.3) is 0 Å². The lowest BCUT2D eigenvalue weighted by atomic mass is 10.0. The Hall–Kier alpha value is -1.65. The summed E-state index contributed by atoms with van der Waals surface area (Å²) in [5.41, 5.74) is 1.08. The Morgan fingerprint density at radius 2 is 2.18 bits per heavy atom. The maximum Gasteiger partial charge on any atom is 0.310 e. The summed E-state index contributed by atoms with van der Waals surface area (Å²) < 4.78 is 0. The molecule has 3 rings (SSSR count). The molecule has 0 radical (unpaired) electrons. The molecule has 5 heteroatoms. The molecular formula is C12H15N3O2. The highest BCUT2D eigenvalue weighted by atomic mass is 16.4. The molecule has 0 unspecified atom stereocenters. The first kappa shape index (κ1) is 10.5. The average Bonchev–Trinajstić information content (AvgIpc) is 2.99. The van der Waals surface area contributed by atoms with E-state index in [0.29, 0.717) is 13.1 Å². The molecule has 0 atom stereocenters. The van der Waals surface area contributed by atoms with Crippen molar-refractivity contribution in [1.82, 2.24) is 9.97 Å². The van der Waals surface area contributed by atoms with Gasteiger partial charge >= 0.3 is 5.97 Å². The van der Waals surface area contributed by atoms with Gasteiger partial charge in [-0.3, -0.25) is 4.79 Å². The quantitative estimate of drug-likeness (QED) is 0.838. The molecule has 0 bridgehead atoms. The molecule has 17 heavy (non-hydrogen) atoms. The van der Waals surface area contributed by atoms with Crippen LogP contribution in [0.15, 0.2) is 12.4 Å². The second kappa shape index (κ2) is 3.98. The minimum Gasteiger partial charge on any atom is -0.481 e. The van der Waals surface area contributed by atoms with Crippen molar-refractivity contribution in [3.8, 4) is 0 Å². The average molecular weight is 233 g/mol. The molecule has 1 aliphatic carbocycles. The number of carboxylic acid groups (broad SMARTS) is 1. The van der Waals surface area contributed by atoms with E-state index >= 15 is 0 Å². The molecule has 1 aliphatic heterocycles. The van der Waals surface area contributed by atoms with Gasteiger partial charge < -0.3 is 10.0 Å². The van der Waals surface area contributed by atoms with Crippen molar-refractivity contribution in [2.45, 2.75) is 19.3 Å². The number of hydrogen-bond donors (Lipinski definition) is 1. The highest BCUT2D eigenvalue weighted by molar-refractivity contribution is 5.74. The number of rotatable bonds is 4. The first-order valence-electron chi connectivity index (χ1n) is 6.01. The van der Waals surface area contributed by atoms with Crippen LogP contribution in [0.2, 0.25) is 0 Å². The third-order valence-electron chi connectivity index (χ3n) is 3.46. The molecule has 1 N–H and O–H groups in total. The van der Waals surface area contributed by atoms with Crippen LogP contribution < -0.4 is 4.90 Å². The predicted molar refractivity (Wildman–Crippen MR) is 61.8 cm³/mol. The van der Waals surface area contributed by atoms with Crippen LogP contribution in [-0.2, 0) is 11.2 Å². The van der Waals surface area contributed by atoms with Crippen molar-refractivity contribution in [2.75, 3.05) is 18.0 Å². The summed E-state index contributed by atoms with van der Waals surface area (Å²) in [6, 6.07) is 2.00. The Bertz CT molecular complexity index is 439. The topological polar surface area (TPSA) is 66.3 Å². The summed E-state index contributed by atoms with van der Waals surface area (Å²) in [5, 5.41) is 8.82. The van der Waals surface area contributed by atoms with Gasteiger partial charge in [-0.1, -0.05) is 0 Å². The van der Waals surface area contributed by atoms with Gasteiger partial charge in [0.2, 0.25) is 0 Å². The van der Waals surface area contributed by atoms with E-state index < -0.39 is 5.97 Å². The summed E-state index contributed by atoms with van der Waals surface area (Å²) in [5.74, 6) is 0.722. The van der Waals surface area contributed by atoms with E-state index in [2.05, 4.69) is 9.97 Å². The summed E-state index contributed by atoms with van der Waals surface area (Å²) in [6.07, 6.45) is 5.24. The zero-order chi connectivity index (χ0) is 11.8. The van der Waals surface area contributed by atoms with Crippen molar-refractivity contribution in [1.29, 1.82) is 0 Å². The molecule has 90 valence electrons. The van der Waals surface area contributed by atoms with Gasteiger partial charge in [0.1, 0.15) is 12.1 Å². The van der Waals surface area contributed by atoms with Crippen molar-refractivity contribution < 1.29 is 9.90 Å². The van der Waals surface area contributed by atoms with Gasteiger partial charge in [0.15, 0.2) is 0 Å². The molecule has 2 heterocycles. The monoisotopic (exact) mass is 233 g/mol. The molecule has 1 saturated heterocycles. The second-order valence-electron chi connectivity index (χ2n) is 4.96. The van der Waals surface area contributed by atoms with Gasteiger partial charge in [0.05, 0.1) is 5.92 Å². The molecule has 1 aromatic heterocycles. The Balaban J connectivity index is 1.65. The predicted octanol–water partition coefficient (Wildman–Crippen LogP) is 0.950. The largest absolute Gasteiger partial charge is 0.481 e. The minimum atomic E-state index is -0.714. The number of carbonyl (C=O) groups is 1. The molecule has 2 fully saturated rings. The second-order valence-corrected chi connectivity index (χ2v) is 4.96. The molecule has 5 nitrogen and oxygen atoms in total. The van der Waals surface area contributed by atoms with Crippen LogP contribution in [0.5, 0.6) is 0 Å². The Kier molecular flexibility index (Phi) is 2.46. The fourth-order valence-electron chi connectivity index (χ4n) is 2.11. The number of hydrogen-bond acceptors (Lipinski definition) is 4. The number of carboxylic acids is 1. The fourth-order valence-corrected chi connectivity index (χ4v) is 2.11. The normalized spacial score (nSPS) is 20.1. The number of nitrogens with zero attached hydrogens (tertiary/aromatic N) is 3. The lowest BCUT2D eigenvalue weighted by Crippen LogP contribution is -2.50. The van der Waals surface area contributed by atoms with E-state index in [0.717, 1.165) is 23.9 Å². The zero-order valence-corrected chi connectivity index (χ0v) is 9.54. The lowest BCUT2D eigenvalue weighted by Gasteiger charge is -2.37. The molecule has 0 amide bonds. The standard InChI is InChI=1S/C12H15N3O2/c16-12(17)9-5-15(6-9)11-4-10(13-7-14-11)3-8-1-2-8/h4,7-9H,1-3,5-6H2,(H,16,17). The Morgan fingerprint density at radius 1 is 1.41 bits per heavy atom. The zero-order valence-electron chi connectivity index (χ0n) is 9.54. The summed E-state index contributed by atoms with van der Waals surface area (Å²) in [4.78, 5) is 21.2. The highest BCUT2D eigenvalue weighted by Crippen LogP contribution is 2.32. The molecule has 1 saturated carbocycles. The number of aliphatic carboxylic acids is 1. The van der Waals surface area contributed by atoms with Crippen molar-refractivity contribution in [3.63, 3.8) is 0 Å². The lowest BCUT2D eigenvalue weighted by molar-refractivity contribution is -0.142. The maximum atomic E-state index is 10.7. The van der Waals surface area contributed by atoms with Crippen molar-refractivity contribution in [2.24, 2.45) is 11.8 Å². The smallest absolute Gasteiger partial charge is 0.310 e. The van der Waals surface area contributed by atoms with Gasteiger partial charge in [-0.25, -0.2) is 9.97 Å². The summed E-state index contributed by atoms with van der Waals surface area (Å²) in [6.45, 7) is 1.13. The van der Waals surface area contributed by atoms with Crippen LogP contribution in [0.3, 0.4) is 0 Å². The number of aromatic nitrogens is 2. The summed E-state index contributed by atoms with van der Waals surface area (Å²) in [7, 11) is 0. The molecule has 0 aromatic carbocycles. The van der Waals surface area contributed by atoms with Crippen molar-refractivity contribution in [3.05, 3.63) is 18.1 Å². The van der Waals surface area contributed by atoms with E-state index in [-0.39, 0.29) is 5.92 Å². The number of anilines is 1. The van der Waals surface area contributed by atoms with E-state index in [1.165, 1.54) is 12.8 Å². The van der Waals surface area contributed by atoms with Gasteiger partial charge in [-0.15, -0.1) is 0 Å². The van der Waals surface area contributed by atoms with Gasteiger partial charge in [-0.05, 0) is 25.2 Å². The Labute approximate surface area is 99.5 Å². The van der Waals surface area contributed by atoms with E-state index in [1.807, 2.05) is 11.0 Å². The van der Waals surface area contributed by atoms with E-state index in [9.17, 15) is 4.79 Å². The van der Waals surface area contributed by atoms with Crippen LogP contribution in [0.4, 0.5) is 5.82 Å². The van der Waals surface area contributed by atoms with Gasteiger partial charge in [-0.2, -0.15) is 0 Å². The third kappa shape index (κ3) is 2.23. The van der Waals surface area contributed by atoms with Crippen LogP contribution in [-0.4, -0.2) is 34.1 Å². The minimum absolute atomic E-state index is 0.239. The third-order valence-corrected chi connectivity index (χ3v) is 3.46. The van der Waals surface area contributed by atoms with Gasteiger partial charge in [0.25, 0.3) is 0 Å². The molecule has 1 aromatic rings. The van der Waals surface area contributed by atoms with Crippen LogP contribution in [0.1, 0.15) is 18.5 Å². The van der Waals surface area contributed by atoms with Gasteiger partial charge in [0, 0.05) is 24.8 Å². The molecule has 0 spiro atoms. The SMILES string of the molecule is O=C(O)C1CN(c2cc(CC3CC3)ncn2)C1. The van der Waals surface area contributed by atoms with Crippen LogP contribution in [0, 0.1) is 11.8 Å².